The predicted molar refractivity (Wildman–Crippen MR) is 102 cm³/mol. The molecule has 144 valence electrons. The van der Waals surface area contributed by atoms with Gasteiger partial charge in [-0.15, -0.1) is 0 Å². The molecule has 0 aliphatic heterocycles. The van der Waals surface area contributed by atoms with Gasteiger partial charge in [0.25, 0.3) is 0 Å². The highest BCUT2D eigenvalue weighted by Crippen LogP contribution is 2.21. The molecule has 7 heteroatoms. The Labute approximate surface area is 159 Å². The van der Waals surface area contributed by atoms with Crippen LogP contribution in [0.4, 0.5) is 0 Å². The maximum Gasteiger partial charge on any atom is 0.330 e. The zero-order chi connectivity index (χ0) is 20.2. The maximum absolute atomic E-state index is 12.4. The van der Waals surface area contributed by atoms with E-state index in [-0.39, 0.29) is 17.1 Å². The highest BCUT2D eigenvalue weighted by atomic mass is 32.2. The first-order valence-corrected chi connectivity index (χ1v) is 10.2. The molecule has 1 atom stereocenters. The fourth-order valence-corrected chi connectivity index (χ4v) is 3.72. The highest BCUT2D eigenvalue weighted by Gasteiger charge is 2.24. The summed E-state index contributed by atoms with van der Waals surface area (Å²) in [6.07, 6.45) is -0.109. The lowest BCUT2D eigenvalue weighted by molar-refractivity contribution is -0.142. The molecule has 2 aromatic rings. The summed E-state index contributed by atoms with van der Waals surface area (Å²) in [4.78, 5) is 24.2. The van der Waals surface area contributed by atoms with Crippen LogP contribution in [0.5, 0.6) is 0 Å². The van der Waals surface area contributed by atoms with E-state index in [1.54, 1.807) is 31.2 Å². The third kappa shape index (κ3) is 4.95. The van der Waals surface area contributed by atoms with E-state index in [0.29, 0.717) is 11.1 Å². The topological polar surface area (TPSA) is 101 Å². The number of aryl methyl sites for hydroxylation is 1. The number of hydrogen-bond acceptors (Lipinski definition) is 4. The summed E-state index contributed by atoms with van der Waals surface area (Å²) in [5.74, 6) is -1.68. The lowest BCUT2D eigenvalue weighted by Crippen LogP contribution is -2.35. The Morgan fingerprint density at radius 3 is 2.41 bits per heavy atom. The van der Waals surface area contributed by atoms with E-state index in [9.17, 15) is 23.1 Å². The van der Waals surface area contributed by atoms with E-state index in [1.165, 1.54) is 12.1 Å². The third-order valence-corrected chi connectivity index (χ3v) is 6.24. The first-order chi connectivity index (χ1) is 12.7. The average molecular weight is 389 g/mol. The Morgan fingerprint density at radius 2 is 1.78 bits per heavy atom. The first-order valence-electron chi connectivity index (χ1n) is 8.55. The second-order valence-electron chi connectivity index (χ2n) is 6.36. The van der Waals surface area contributed by atoms with E-state index in [0.717, 1.165) is 11.1 Å². The van der Waals surface area contributed by atoms with Gasteiger partial charge in [-0.25, -0.2) is 13.2 Å². The number of nitrogens with one attached hydrogen (secondary N) is 1. The van der Waals surface area contributed by atoms with Gasteiger partial charge in [0.1, 0.15) is 0 Å². The van der Waals surface area contributed by atoms with Gasteiger partial charge in [-0.2, -0.15) is 0 Å². The van der Waals surface area contributed by atoms with Gasteiger partial charge in [0.15, 0.2) is 15.9 Å². The Bertz CT molecular complexity index is 966. The minimum atomic E-state index is -3.37. The van der Waals surface area contributed by atoms with Crippen LogP contribution in [0.1, 0.15) is 35.2 Å². The standard InChI is InChI=1S/C20H23NO5S/c1-4-27(25,26)16-9-6-8-15(11-16)12-18(22)21-19(20(23)24)17-10-5-7-13(2)14(17)3/h5-11,19H,4,12H2,1-3H3,(H,21,22)(H,23,24). The monoisotopic (exact) mass is 389 g/mol. The number of carboxylic acids is 1. The molecule has 0 aromatic heterocycles. The lowest BCUT2D eigenvalue weighted by Gasteiger charge is -2.18. The van der Waals surface area contributed by atoms with Crippen LogP contribution in [0.25, 0.3) is 0 Å². The van der Waals surface area contributed by atoms with Gasteiger partial charge in [0, 0.05) is 0 Å². The van der Waals surface area contributed by atoms with Crippen molar-refractivity contribution in [1.82, 2.24) is 5.32 Å². The Morgan fingerprint density at radius 1 is 1.11 bits per heavy atom. The van der Waals surface area contributed by atoms with Crippen molar-refractivity contribution < 1.29 is 23.1 Å². The van der Waals surface area contributed by atoms with Gasteiger partial charge in [-0.1, -0.05) is 37.3 Å². The van der Waals surface area contributed by atoms with Crippen molar-refractivity contribution in [2.24, 2.45) is 0 Å². The molecule has 1 unspecified atom stereocenters. The number of carboxylic acid groups (broad SMARTS) is 1. The van der Waals surface area contributed by atoms with Crippen LogP contribution in [0, 0.1) is 13.8 Å². The zero-order valence-corrected chi connectivity index (χ0v) is 16.3. The van der Waals surface area contributed by atoms with Crippen molar-refractivity contribution in [2.75, 3.05) is 5.75 Å². The van der Waals surface area contributed by atoms with Crippen molar-refractivity contribution in [2.45, 2.75) is 38.1 Å². The number of hydrogen-bond donors (Lipinski definition) is 2. The van der Waals surface area contributed by atoms with Gasteiger partial charge in [0.2, 0.25) is 5.91 Å². The second kappa shape index (κ2) is 8.35. The summed E-state index contributed by atoms with van der Waals surface area (Å²) < 4.78 is 24.0. The summed E-state index contributed by atoms with van der Waals surface area (Å²) >= 11 is 0. The first kappa shape index (κ1) is 20.6. The van der Waals surface area contributed by atoms with E-state index in [4.69, 9.17) is 0 Å². The molecule has 1 amide bonds. The van der Waals surface area contributed by atoms with Crippen LogP contribution in [-0.4, -0.2) is 31.2 Å². The van der Waals surface area contributed by atoms with E-state index in [2.05, 4.69) is 5.32 Å². The van der Waals surface area contributed by atoms with Crippen molar-refractivity contribution >= 4 is 21.7 Å². The molecule has 27 heavy (non-hydrogen) atoms. The molecule has 0 heterocycles. The summed E-state index contributed by atoms with van der Waals surface area (Å²) in [7, 11) is -3.37. The lowest BCUT2D eigenvalue weighted by atomic mass is 9.97. The largest absolute Gasteiger partial charge is 0.479 e. The molecule has 2 aromatic carbocycles. The predicted octanol–water partition coefficient (Wildman–Crippen LogP) is 2.58. The minimum Gasteiger partial charge on any atom is -0.479 e. The maximum atomic E-state index is 12.4. The van der Waals surface area contributed by atoms with Gasteiger partial charge >= 0.3 is 5.97 Å². The average Bonchev–Trinajstić information content (AvgIpc) is 2.62. The molecule has 0 aliphatic rings. The normalized spacial score (nSPS) is 12.4. The van der Waals surface area contributed by atoms with E-state index >= 15 is 0 Å². The van der Waals surface area contributed by atoms with E-state index < -0.39 is 27.8 Å². The smallest absolute Gasteiger partial charge is 0.330 e. The molecule has 0 saturated carbocycles. The summed E-state index contributed by atoms with van der Waals surface area (Å²) in [6, 6.07) is 10.3. The SMILES string of the molecule is CCS(=O)(=O)c1cccc(CC(=O)NC(C(=O)O)c2cccc(C)c2C)c1. The molecule has 0 saturated heterocycles. The quantitative estimate of drug-likeness (QED) is 0.758. The van der Waals surface area contributed by atoms with Crippen LogP contribution in [0.2, 0.25) is 0 Å². The number of sulfone groups is 1. The summed E-state index contributed by atoms with van der Waals surface area (Å²) in [5.41, 5.74) is 2.77. The van der Waals surface area contributed by atoms with E-state index in [1.807, 2.05) is 19.9 Å². The van der Waals surface area contributed by atoms with Crippen LogP contribution < -0.4 is 5.32 Å². The molecule has 2 N–H and O–H groups in total. The molecular weight excluding hydrogens is 366 g/mol. The highest BCUT2D eigenvalue weighted by molar-refractivity contribution is 7.91. The number of amides is 1. The van der Waals surface area contributed by atoms with Gasteiger partial charge < -0.3 is 10.4 Å². The third-order valence-electron chi connectivity index (χ3n) is 4.51. The molecule has 0 spiro atoms. The van der Waals surface area contributed by atoms with Gasteiger partial charge in [-0.05, 0) is 48.2 Å². The molecular formula is C20H23NO5S. The van der Waals surface area contributed by atoms with Crippen molar-refractivity contribution in [1.29, 1.82) is 0 Å². The minimum absolute atomic E-state index is 0.0314. The van der Waals surface area contributed by atoms with Crippen molar-refractivity contribution in [3.8, 4) is 0 Å². The summed E-state index contributed by atoms with van der Waals surface area (Å²) in [6.45, 7) is 5.24. The van der Waals surface area contributed by atoms with Crippen LogP contribution >= 0.6 is 0 Å². The molecule has 2 rings (SSSR count). The Balaban J connectivity index is 2.22. The number of carbonyl (C=O) groups is 2. The zero-order valence-electron chi connectivity index (χ0n) is 15.5. The van der Waals surface area contributed by atoms with Crippen molar-refractivity contribution in [3.05, 3.63) is 64.7 Å². The van der Waals surface area contributed by atoms with Gasteiger partial charge in [0.05, 0.1) is 17.1 Å². The summed E-state index contributed by atoms with van der Waals surface area (Å²) in [5, 5.41) is 12.1. The molecule has 0 fully saturated rings. The Hall–Kier alpha value is -2.67. The molecule has 0 bridgehead atoms. The number of benzene rings is 2. The number of aliphatic carboxylic acids is 1. The number of carbonyl (C=O) groups excluding carboxylic acids is 1. The molecule has 0 radical (unpaired) electrons. The molecule has 0 aliphatic carbocycles. The fourth-order valence-electron chi connectivity index (χ4n) is 2.77. The Kier molecular flexibility index (Phi) is 6.38. The van der Waals surface area contributed by atoms with Gasteiger partial charge in [-0.3, -0.25) is 4.79 Å². The molecule has 6 nitrogen and oxygen atoms in total. The number of rotatable bonds is 7. The van der Waals surface area contributed by atoms with Crippen LogP contribution in [0.15, 0.2) is 47.4 Å². The van der Waals surface area contributed by atoms with Crippen LogP contribution in [0.3, 0.4) is 0 Å². The fraction of sp³-hybridized carbons (Fsp3) is 0.300. The van der Waals surface area contributed by atoms with Crippen molar-refractivity contribution in [3.63, 3.8) is 0 Å². The second-order valence-corrected chi connectivity index (χ2v) is 8.63. The van der Waals surface area contributed by atoms with Crippen LogP contribution in [-0.2, 0) is 25.8 Å².